The first-order valence-corrected chi connectivity index (χ1v) is 9.73. The van der Waals surface area contributed by atoms with Crippen LogP contribution in [0.5, 0.6) is 0 Å². The molecule has 158 valence electrons. The van der Waals surface area contributed by atoms with Gasteiger partial charge in [-0.25, -0.2) is 0 Å². The average Bonchev–Trinajstić information content (AvgIpc) is 2.66. The quantitative estimate of drug-likeness (QED) is 0.190. The lowest BCUT2D eigenvalue weighted by molar-refractivity contribution is -0.130. The molecule has 0 aliphatic carbocycles. The van der Waals surface area contributed by atoms with E-state index in [2.05, 4.69) is 20.9 Å². The zero-order chi connectivity index (χ0) is 20.1. The Hall–Kier alpha value is -1.55. The van der Waals surface area contributed by atoms with E-state index < -0.39 is 0 Å². The molecule has 0 bridgehead atoms. The molecule has 9 heteroatoms. The van der Waals surface area contributed by atoms with Gasteiger partial charge in [0.15, 0.2) is 5.96 Å². The predicted molar refractivity (Wildman–Crippen MR) is 126 cm³/mol. The molecule has 1 rings (SSSR count). The Kier molecular flexibility index (Phi) is 14.5. The van der Waals surface area contributed by atoms with Gasteiger partial charge in [0.1, 0.15) is 0 Å². The van der Waals surface area contributed by atoms with Crippen molar-refractivity contribution in [2.75, 3.05) is 39.3 Å². The Morgan fingerprint density at radius 2 is 1.61 bits per heavy atom. The highest BCUT2D eigenvalue weighted by Crippen LogP contribution is 2.09. The first-order valence-electron chi connectivity index (χ1n) is 9.35. The van der Waals surface area contributed by atoms with Gasteiger partial charge in [0.25, 0.3) is 5.91 Å². The predicted octanol–water partition coefficient (Wildman–Crippen LogP) is 2.50. The molecule has 0 saturated carbocycles. The van der Waals surface area contributed by atoms with E-state index in [9.17, 15) is 9.59 Å². The number of benzene rings is 1. The summed E-state index contributed by atoms with van der Waals surface area (Å²) in [6.07, 6.45) is 0.381. The number of rotatable bonds is 10. The van der Waals surface area contributed by atoms with E-state index in [1.807, 2.05) is 20.8 Å². The van der Waals surface area contributed by atoms with E-state index in [1.165, 1.54) is 0 Å². The summed E-state index contributed by atoms with van der Waals surface area (Å²) in [4.78, 5) is 30.2. The Labute approximate surface area is 189 Å². The first kappa shape index (κ1) is 26.4. The van der Waals surface area contributed by atoms with Crippen molar-refractivity contribution in [1.29, 1.82) is 0 Å². The lowest BCUT2D eigenvalue weighted by atomic mass is 10.2. The Morgan fingerprint density at radius 3 is 2.18 bits per heavy atom. The van der Waals surface area contributed by atoms with Gasteiger partial charge in [0, 0.05) is 49.7 Å². The number of guanidine groups is 1. The van der Waals surface area contributed by atoms with Crippen molar-refractivity contribution >= 4 is 53.4 Å². The number of carbonyl (C=O) groups excluding carboxylic acids is 2. The number of hydrogen-bond acceptors (Lipinski definition) is 3. The Bertz CT molecular complexity index is 621. The SMILES string of the molecule is CCNC(=NCCC(=O)N(CC)CC)NCCNC(=O)c1ccc(Cl)cc1.I. The molecule has 0 spiro atoms. The molecular formula is C19H31ClIN5O2. The number of nitrogens with zero attached hydrogens (tertiary/aromatic N) is 2. The van der Waals surface area contributed by atoms with E-state index >= 15 is 0 Å². The van der Waals surface area contributed by atoms with Crippen molar-refractivity contribution in [2.45, 2.75) is 27.2 Å². The molecule has 0 aromatic heterocycles. The number of amides is 2. The summed E-state index contributed by atoms with van der Waals surface area (Å²) in [5.41, 5.74) is 0.565. The lowest BCUT2D eigenvalue weighted by Gasteiger charge is -2.18. The van der Waals surface area contributed by atoms with E-state index in [0.717, 1.165) is 0 Å². The van der Waals surface area contributed by atoms with Crippen LogP contribution in [0.3, 0.4) is 0 Å². The maximum absolute atomic E-state index is 12.0. The third kappa shape index (κ3) is 10.1. The van der Waals surface area contributed by atoms with Gasteiger partial charge < -0.3 is 20.9 Å². The average molecular weight is 524 g/mol. The van der Waals surface area contributed by atoms with Crippen LogP contribution in [0.2, 0.25) is 5.02 Å². The minimum absolute atomic E-state index is 0. The van der Waals surface area contributed by atoms with Crippen molar-refractivity contribution < 1.29 is 9.59 Å². The number of carbonyl (C=O) groups is 2. The third-order valence-electron chi connectivity index (χ3n) is 3.87. The second-order valence-corrected chi connectivity index (χ2v) is 6.20. The minimum atomic E-state index is -0.153. The summed E-state index contributed by atoms with van der Waals surface area (Å²) in [5, 5.41) is 9.70. The van der Waals surface area contributed by atoms with E-state index in [4.69, 9.17) is 11.6 Å². The molecule has 1 aromatic rings. The van der Waals surface area contributed by atoms with Crippen LogP contribution in [0.25, 0.3) is 0 Å². The standard InChI is InChI=1S/C19H30ClN5O2.HI/c1-4-21-19(23-12-11-17(26)25(5-2)6-3)24-14-13-22-18(27)15-7-9-16(20)10-8-15;/h7-10H,4-6,11-14H2,1-3H3,(H,22,27)(H2,21,23,24);1H. The van der Waals surface area contributed by atoms with Crippen LogP contribution in [-0.2, 0) is 4.79 Å². The Balaban J connectivity index is 0.00000729. The van der Waals surface area contributed by atoms with Crippen molar-refractivity contribution in [3.8, 4) is 0 Å². The van der Waals surface area contributed by atoms with Crippen molar-refractivity contribution in [3.05, 3.63) is 34.9 Å². The topological polar surface area (TPSA) is 85.8 Å². The van der Waals surface area contributed by atoms with Gasteiger partial charge in [-0.2, -0.15) is 0 Å². The van der Waals surface area contributed by atoms with Crippen LogP contribution in [-0.4, -0.2) is 61.9 Å². The second kappa shape index (κ2) is 15.4. The monoisotopic (exact) mass is 523 g/mol. The van der Waals surface area contributed by atoms with Crippen LogP contribution < -0.4 is 16.0 Å². The maximum atomic E-state index is 12.0. The number of aliphatic imine (C=N–C) groups is 1. The summed E-state index contributed by atoms with van der Waals surface area (Å²) < 4.78 is 0. The Morgan fingerprint density at radius 1 is 1.00 bits per heavy atom. The molecule has 0 radical (unpaired) electrons. The second-order valence-electron chi connectivity index (χ2n) is 5.77. The van der Waals surface area contributed by atoms with Crippen LogP contribution >= 0.6 is 35.6 Å². The molecule has 0 saturated heterocycles. The van der Waals surface area contributed by atoms with Gasteiger partial charge in [-0.15, -0.1) is 24.0 Å². The van der Waals surface area contributed by atoms with Gasteiger partial charge >= 0.3 is 0 Å². The molecule has 1 aromatic carbocycles. The zero-order valence-corrected chi connectivity index (χ0v) is 19.8. The summed E-state index contributed by atoms with van der Waals surface area (Å²) in [7, 11) is 0. The van der Waals surface area contributed by atoms with Gasteiger partial charge in [-0.3, -0.25) is 14.6 Å². The van der Waals surface area contributed by atoms with E-state index in [1.54, 1.807) is 29.2 Å². The molecule has 7 nitrogen and oxygen atoms in total. The molecule has 0 atom stereocenters. The highest BCUT2D eigenvalue weighted by Gasteiger charge is 2.08. The summed E-state index contributed by atoms with van der Waals surface area (Å²) in [5.74, 6) is 0.584. The smallest absolute Gasteiger partial charge is 0.251 e. The lowest BCUT2D eigenvalue weighted by Crippen LogP contribution is -2.41. The van der Waals surface area contributed by atoms with Crippen LogP contribution in [0.1, 0.15) is 37.6 Å². The largest absolute Gasteiger partial charge is 0.357 e. The van der Waals surface area contributed by atoms with Crippen LogP contribution in [0.4, 0.5) is 0 Å². The molecule has 28 heavy (non-hydrogen) atoms. The maximum Gasteiger partial charge on any atom is 0.251 e. The van der Waals surface area contributed by atoms with Crippen molar-refractivity contribution in [3.63, 3.8) is 0 Å². The van der Waals surface area contributed by atoms with Crippen molar-refractivity contribution in [2.24, 2.45) is 4.99 Å². The van der Waals surface area contributed by atoms with Crippen molar-refractivity contribution in [1.82, 2.24) is 20.9 Å². The molecule has 3 N–H and O–H groups in total. The number of nitrogens with one attached hydrogen (secondary N) is 3. The molecule has 0 unspecified atom stereocenters. The molecule has 0 fully saturated rings. The molecule has 2 amide bonds. The minimum Gasteiger partial charge on any atom is -0.357 e. The molecular weight excluding hydrogens is 493 g/mol. The fraction of sp³-hybridized carbons (Fsp3) is 0.526. The van der Waals surface area contributed by atoms with Gasteiger partial charge in [0.2, 0.25) is 5.91 Å². The van der Waals surface area contributed by atoms with Gasteiger partial charge in [-0.05, 0) is 45.0 Å². The zero-order valence-electron chi connectivity index (χ0n) is 16.8. The third-order valence-corrected chi connectivity index (χ3v) is 4.12. The van der Waals surface area contributed by atoms with Crippen LogP contribution in [0, 0.1) is 0 Å². The first-order chi connectivity index (χ1) is 13.0. The number of hydrogen-bond donors (Lipinski definition) is 3. The summed E-state index contributed by atoms with van der Waals surface area (Å²) in [6, 6.07) is 6.74. The van der Waals surface area contributed by atoms with Crippen LogP contribution in [0.15, 0.2) is 29.3 Å². The molecule has 0 heterocycles. The highest BCUT2D eigenvalue weighted by atomic mass is 127. The van der Waals surface area contributed by atoms with E-state index in [0.29, 0.717) is 62.2 Å². The molecule has 0 aliphatic heterocycles. The van der Waals surface area contributed by atoms with E-state index in [-0.39, 0.29) is 35.8 Å². The fourth-order valence-electron chi connectivity index (χ4n) is 2.40. The van der Waals surface area contributed by atoms with Gasteiger partial charge in [-0.1, -0.05) is 11.6 Å². The number of halogens is 2. The summed E-state index contributed by atoms with van der Waals surface area (Å²) >= 11 is 5.82. The summed E-state index contributed by atoms with van der Waals surface area (Å²) in [6.45, 7) is 9.44. The normalized spacial score (nSPS) is 10.6. The fourth-order valence-corrected chi connectivity index (χ4v) is 2.53. The molecule has 0 aliphatic rings. The van der Waals surface area contributed by atoms with Gasteiger partial charge in [0.05, 0.1) is 6.54 Å². The highest BCUT2D eigenvalue weighted by molar-refractivity contribution is 14.0.